The third-order valence-electron chi connectivity index (χ3n) is 5.48. The van der Waals surface area contributed by atoms with Crippen molar-refractivity contribution >= 4 is 11.6 Å². The van der Waals surface area contributed by atoms with Gasteiger partial charge in [-0.15, -0.1) is 0 Å². The Bertz CT molecular complexity index is 831. The largest absolute Gasteiger partial charge is 0.495 e. The maximum atomic E-state index is 12.9. The Morgan fingerprint density at radius 3 is 2.57 bits per heavy atom. The number of quaternary nitrogens is 1. The van der Waals surface area contributed by atoms with Crippen LogP contribution in [0.4, 0.5) is 5.69 Å². The lowest BCUT2D eigenvalue weighted by Gasteiger charge is -2.35. The summed E-state index contributed by atoms with van der Waals surface area (Å²) in [6.45, 7) is 4.19. The smallest absolute Gasteiger partial charge is 0.296 e. The molecule has 6 nitrogen and oxygen atoms in total. The number of nitrogens with one attached hydrogen (secondary N) is 2. The number of para-hydroxylation sites is 2. The number of piperazine rings is 1. The highest BCUT2D eigenvalue weighted by Crippen LogP contribution is 2.27. The zero-order valence-electron chi connectivity index (χ0n) is 16.2. The SMILES string of the molecule is COc1ccccc1N1CC[NH+](CC(=O)N2NC=C[C@H]2c2ccccc2)CC1. The molecule has 0 saturated carbocycles. The molecular formula is C22H27N4O2+. The molecule has 1 fully saturated rings. The van der Waals surface area contributed by atoms with Gasteiger partial charge in [0.05, 0.1) is 45.0 Å². The third kappa shape index (κ3) is 3.82. The number of methoxy groups -OCH3 is 1. The van der Waals surface area contributed by atoms with Crippen LogP contribution in [0.25, 0.3) is 0 Å². The molecule has 2 aromatic carbocycles. The molecule has 2 N–H and O–H groups in total. The Kier molecular flexibility index (Phi) is 5.48. The van der Waals surface area contributed by atoms with E-state index in [1.165, 1.54) is 4.90 Å². The highest BCUT2D eigenvalue weighted by molar-refractivity contribution is 5.78. The van der Waals surface area contributed by atoms with E-state index in [0.717, 1.165) is 43.2 Å². The van der Waals surface area contributed by atoms with Crippen LogP contribution in [0.3, 0.4) is 0 Å². The maximum Gasteiger partial charge on any atom is 0.296 e. The molecule has 146 valence electrons. The van der Waals surface area contributed by atoms with Gasteiger partial charge in [-0.2, -0.15) is 0 Å². The molecule has 2 heterocycles. The Labute approximate surface area is 166 Å². The van der Waals surface area contributed by atoms with Gasteiger partial charge in [0.15, 0.2) is 6.54 Å². The average Bonchev–Trinajstić information content (AvgIpc) is 3.25. The number of carbonyl (C=O) groups is 1. The van der Waals surface area contributed by atoms with Crippen molar-refractivity contribution in [1.82, 2.24) is 10.4 Å². The molecule has 0 radical (unpaired) electrons. The molecule has 0 aromatic heterocycles. The van der Waals surface area contributed by atoms with E-state index < -0.39 is 0 Å². The highest BCUT2D eigenvalue weighted by atomic mass is 16.5. The molecule has 1 amide bonds. The number of anilines is 1. The van der Waals surface area contributed by atoms with E-state index in [9.17, 15) is 4.79 Å². The van der Waals surface area contributed by atoms with Crippen LogP contribution < -0.4 is 20.0 Å². The van der Waals surface area contributed by atoms with Crippen molar-refractivity contribution in [2.75, 3.05) is 44.7 Å². The van der Waals surface area contributed by atoms with E-state index >= 15 is 0 Å². The quantitative estimate of drug-likeness (QED) is 0.814. The van der Waals surface area contributed by atoms with Crippen LogP contribution in [-0.2, 0) is 4.79 Å². The summed E-state index contributed by atoms with van der Waals surface area (Å²) in [7, 11) is 1.71. The van der Waals surface area contributed by atoms with Crippen molar-refractivity contribution < 1.29 is 14.4 Å². The summed E-state index contributed by atoms with van der Waals surface area (Å²) in [6.07, 6.45) is 3.88. The summed E-state index contributed by atoms with van der Waals surface area (Å²) in [5, 5.41) is 1.74. The first-order valence-corrected chi connectivity index (χ1v) is 9.77. The average molecular weight is 379 g/mol. The first-order chi connectivity index (χ1) is 13.8. The molecule has 4 rings (SSSR count). The van der Waals surface area contributed by atoms with Crippen molar-refractivity contribution in [3.05, 3.63) is 72.4 Å². The standard InChI is InChI=1S/C22H26N4O2/c1-28-21-10-6-5-9-20(21)25-15-13-24(14-16-25)17-22(27)26-19(11-12-23-26)18-7-3-2-4-8-18/h2-12,19,23H,13-17H2,1H3/p+1/t19-/m0/s1. The van der Waals surface area contributed by atoms with Crippen LogP contribution in [0.5, 0.6) is 5.75 Å². The molecule has 2 aromatic rings. The van der Waals surface area contributed by atoms with E-state index in [2.05, 4.69) is 28.5 Å². The van der Waals surface area contributed by atoms with Gasteiger partial charge in [-0.3, -0.25) is 4.79 Å². The predicted molar refractivity (Wildman–Crippen MR) is 109 cm³/mol. The van der Waals surface area contributed by atoms with E-state index in [1.54, 1.807) is 12.1 Å². The van der Waals surface area contributed by atoms with Crippen LogP contribution in [0.1, 0.15) is 11.6 Å². The van der Waals surface area contributed by atoms with Crippen molar-refractivity contribution in [2.24, 2.45) is 0 Å². The highest BCUT2D eigenvalue weighted by Gasteiger charge is 2.30. The summed E-state index contributed by atoms with van der Waals surface area (Å²) < 4.78 is 5.49. The normalized spacial score (nSPS) is 19.5. The zero-order chi connectivity index (χ0) is 19.3. The number of rotatable bonds is 5. The number of hydrogen-bond acceptors (Lipinski definition) is 4. The van der Waals surface area contributed by atoms with Gasteiger partial charge in [0.2, 0.25) is 0 Å². The van der Waals surface area contributed by atoms with Crippen molar-refractivity contribution in [1.29, 1.82) is 0 Å². The molecule has 1 atom stereocenters. The van der Waals surface area contributed by atoms with Gasteiger partial charge in [0, 0.05) is 6.20 Å². The maximum absolute atomic E-state index is 12.9. The Morgan fingerprint density at radius 2 is 1.82 bits per heavy atom. The molecule has 0 spiro atoms. The summed E-state index contributed by atoms with van der Waals surface area (Å²) >= 11 is 0. The summed E-state index contributed by atoms with van der Waals surface area (Å²) in [6, 6.07) is 18.2. The lowest BCUT2D eigenvalue weighted by Crippen LogP contribution is -3.16. The topological polar surface area (TPSA) is 49.3 Å². The number of nitrogens with zero attached hydrogens (tertiary/aromatic N) is 2. The van der Waals surface area contributed by atoms with Gasteiger partial charge < -0.3 is 20.0 Å². The first-order valence-electron chi connectivity index (χ1n) is 9.77. The summed E-state index contributed by atoms with van der Waals surface area (Å²) in [4.78, 5) is 16.6. The Balaban J connectivity index is 1.34. The van der Waals surface area contributed by atoms with Gasteiger partial charge in [-0.05, 0) is 23.8 Å². The molecule has 2 aliphatic heterocycles. The van der Waals surface area contributed by atoms with E-state index in [4.69, 9.17) is 4.74 Å². The molecule has 28 heavy (non-hydrogen) atoms. The number of amides is 1. The third-order valence-corrected chi connectivity index (χ3v) is 5.48. The minimum absolute atomic E-state index is 0.0389. The van der Waals surface area contributed by atoms with E-state index in [-0.39, 0.29) is 11.9 Å². The molecule has 0 aliphatic carbocycles. The van der Waals surface area contributed by atoms with Gasteiger partial charge in [-0.1, -0.05) is 42.5 Å². The molecular weight excluding hydrogens is 352 g/mol. The van der Waals surface area contributed by atoms with Crippen LogP contribution in [0.15, 0.2) is 66.9 Å². The molecule has 0 bridgehead atoms. The van der Waals surface area contributed by atoms with Crippen LogP contribution in [0.2, 0.25) is 0 Å². The first kappa shape index (κ1) is 18.4. The van der Waals surface area contributed by atoms with Crippen molar-refractivity contribution in [3.8, 4) is 5.75 Å². The Hall–Kier alpha value is -2.99. The van der Waals surface area contributed by atoms with Crippen LogP contribution >= 0.6 is 0 Å². The number of benzene rings is 2. The number of ether oxygens (including phenoxy) is 1. The van der Waals surface area contributed by atoms with Gasteiger partial charge >= 0.3 is 0 Å². The molecule has 2 aliphatic rings. The van der Waals surface area contributed by atoms with Crippen LogP contribution in [0, 0.1) is 0 Å². The fraction of sp³-hybridized carbons (Fsp3) is 0.318. The van der Waals surface area contributed by atoms with Gasteiger partial charge in [-0.25, -0.2) is 5.01 Å². The minimum Gasteiger partial charge on any atom is -0.495 e. The second kappa shape index (κ2) is 8.35. The summed E-state index contributed by atoms with van der Waals surface area (Å²) in [5.74, 6) is 1.03. The number of carbonyl (C=O) groups excluding carboxylic acids is 1. The zero-order valence-corrected chi connectivity index (χ0v) is 16.2. The monoisotopic (exact) mass is 379 g/mol. The van der Waals surface area contributed by atoms with Crippen LogP contribution in [-0.4, -0.2) is 50.7 Å². The molecule has 0 unspecified atom stereocenters. The minimum atomic E-state index is -0.0389. The van der Waals surface area contributed by atoms with E-state index in [0.29, 0.717) is 6.54 Å². The van der Waals surface area contributed by atoms with Gasteiger partial charge in [0.25, 0.3) is 5.91 Å². The molecule has 6 heteroatoms. The number of hydrazine groups is 1. The fourth-order valence-electron chi connectivity index (χ4n) is 3.95. The predicted octanol–water partition coefficient (Wildman–Crippen LogP) is 1.00. The lowest BCUT2D eigenvalue weighted by molar-refractivity contribution is -0.892. The number of hydrogen-bond donors (Lipinski definition) is 2. The second-order valence-electron chi connectivity index (χ2n) is 7.19. The van der Waals surface area contributed by atoms with Gasteiger partial charge in [0.1, 0.15) is 5.75 Å². The van der Waals surface area contributed by atoms with Crippen molar-refractivity contribution in [3.63, 3.8) is 0 Å². The lowest BCUT2D eigenvalue weighted by atomic mass is 10.1. The fourth-order valence-corrected chi connectivity index (χ4v) is 3.95. The van der Waals surface area contributed by atoms with E-state index in [1.807, 2.05) is 48.7 Å². The summed E-state index contributed by atoms with van der Waals surface area (Å²) in [5.41, 5.74) is 5.36. The second-order valence-corrected chi connectivity index (χ2v) is 7.19. The molecule has 1 saturated heterocycles. The Morgan fingerprint density at radius 1 is 1.11 bits per heavy atom. The van der Waals surface area contributed by atoms with Crippen molar-refractivity contribution in [2.45, 2.75) is 6.04 Å².